The summed E-state index contributed by atoms with van der Waals surface area (Å²) in [7, 11) is 2.80. The number of ether oxygens (including phenoxy) is 2. The van der Waals surface area contributed by atoms with Crippen molar-refractivity contribution >= 4 is 28.4 Å². The Hall–Kier alpha value is -4.34. The molecule has 10 heteroatoms. The number of carbonyl (C=O) groups excluding carboxylic acids is 1. The first-order valence-corrected chi connectivity index (χ1v) is 9.97. The summed E-state index contributed by atoms with van der Waals surface area (Å²) >= 11 is 0. The van der Waals surface area contributed by atoms with Crippen LogP contribution in [0.25, 0.3) is 22.0 Å². The summed E-state index contributed by atoms with van der Waals surface area (Å²) < 4.78 is 50.0. The van der Waals surface area contributed by atoms with E-state index in [-0.39, 0.29) is 28.7 Å². The van der Waals surface area contributed by atoms with Gasteiger partial charge in [0.25, 0.3) is 5.91 Å². The highest BCUT2D eigenvalue weighted by molar-refractivity contribution is 6.07. The molecule has 0 unspecified atom stereocenters. The van der Waals surface area contributed by atoms with Gasteiger partial charge in [-0.25, -0.2) is 9.97 Å². The number of alkyl halides is 3. The van der Waals surface area contributed by atoms with Crippen LogP contribution in [-0.2, 0) is 6.18 Å². The Labute approximate surface area is 192 Å². The lowest BCUT2D eigenvalue weighted by molar-refractivity contribution is -0.137. The van der Waals surface area contributed by atoms with Gasteiger partial charge in [0.1, 0.15) is 0 Å². The van der Waals surface area contributed by atoms with Gasteiger partial charge in [0.2, 0.25) is 5.95 Å². The van der Waals surface area contributed by atoms with E-state index in [1.54, 1.807) is 30.5 Å². The molecule has 174 valence electrons. The number of rotatable bonds is 5. The van der Waals surface area contributed by atoms with E-state index in [0.717, 1.165) is 23.1 Å². The number of halogens is 3. The molecule has 0 atom stereocenters. The molecular weight excluding hydrogens is 449 g/mol. The van der Waals surface area contributed by atoms with Crippen molar-refractivity contribution < 1.29 is 27.4 Å². The summed E-state index contributed by atoms with van der Waals surface area (Å²) in [6, 6.07) is 13.0. The van der Waals surface area contributed by atoms with E-state index >= 15 is 0 Å². The molecule has 3 N–H and O–H groups in total. The van der Waals surface area contributed by atoms with Gasteiger partial charge in [-0.15, -0.1) is 0 Å². The second kappa shape index (κ2) is 8.89. The molecular formula is C24H19F3N4O3. The average Bonchev–Trinajstić information content (AvgIpc) is 2.82. The van der Waals surface area contributed by atoms with Gasteiger partial charge in [-0.2, -0.15) is 13.2 Å². The van der Waals surface area contributed by atoms with E-state index in [4.69, 9.17) is 15.2 Å². The molecule has 1 heterocycles. The van der Waals surface area contributed by atoms with E-state index in [2.05, 4.69) is 15.3 Å². The number of nitrogen functional groups attached to an aromatic ring is 1. The number of nitrogens with two attached hydrogens (primary N) is 1. The minimum absolute atomic E-state index is 0.00769. The molecule has 0 aliphatic rings. The van der Waals surface area contributed by atoms with Crippen LogP contribution in [0, 0.1) is 0 Å². The summed E-state index contributed by atoms with van der Waals surface area (Å²) in [5, 5.41) is 3.24. The van der Waals surface area contributed by atoms with E-state index in [9.17, 15) is 18.0 Å². The van der Waals surface area contributed by atoms with E-state index < -0.39 is 17.6 Å². The van der Waals surface area contributed by atoms with Crippen LogP contribution in [0.5, 0.6) is 11.5 Å². The quantitative estimate of drug-likeness (QED) is 0.419. The number of methoxy groups -OCH3 is 2. The number of fused-ring (bicyclic) bond motifs is 1. The number of carbonyl (C=O) groups is 1. The topological polar surface area (TPSA) is 99.4 Å². The van der Waals surface area contributed by atoms with Gasteiger partial charge in [-0.1, -0.05) is 12.1 Å². The van der Waals surface area contributed by atoms with Gasteiger partial charge >= 0.3 is 6.18 Å². The second-order valence-corrected chi connectivity index (χ2v) is 7.29. The maximum atomic E-state index is 13.1. The molecule has 0 spiro atoms. The molecule has 0 saturated carbocycles. The predicted molar refractivity (Wildman–Crippen MR) is 122 cm³/mol. The highest BCUT2D eigenvalue weighted by Gasteiger charge is 2.30. The van der Waals surface area contributed by atoms with Crippen molar-refractivity contribution in [2.75, 3.05) is 25.3 Å². The minimum atomic E-state index is -4.54. The number of nitrogens with one attached hydrogen (secondary N) is 1. The summed E-state index contributed by atoms with van der Waals surface area (Å²) in [6.45, 7) is 0. The molecule has 0 aliphatic heterocycles. The molecule has 0 aliphatic carbocycles. The van der Waals surface area contributed by atoms with E-state index in [1.165, 1.54) is 26.4 Å². The molecule has 7 nitrogen and oxygen atoms in total. The number of benzene rings is 3. The molecule has 0 bridgehead atoms. The van der Waals surface area contributed by atoms with Crippen LogP contribution in [0.1, 0.15) is 15.9 Å². The van der Waals surface area contributed by atoms with Crippen molar-refractivity contribution in [3.63, 3.8) is 0 Å². The molecule has 1 amide bonds. The summed E-state index contributed by atoms with van der Waals surface area (Å²) in [6.07, 6.45) is -2.95. The Morgan fingerprint density at radius 3 is 2.50 bits per heavy atom. The van der Waals surface area contributed by atoms with Gasteiger partial charge in [-0.05, 0) is 53.6 Å². The molecule has 4 rings (SSSR count). The van der Waals surface area contributed by atoms with Crippen LogP contribution in [-0.4, -0.2) is 30.1 Å². The van der Waals surface area contributed by atoms with Crippen LogP contribution in [0.15, 0.2) is 60.8 Å². The van der Waals surface area contributed by atoms with Crippen LogP contribution in [0.2, 0.25) is 0 Å². The Kier molecular flexibility index (Phi) is 5.97. The zero-order valence-electron chi connectivity index (χ0n) is 18.1. The Bertz CT molecular complexity index is 1390. The average molecular weight is 468 g/mol. The summed E-state index contributed by atoms with van der Waals surface area (Å²) in [4.78, 5) is 21.3. The fourth-order valence-electron chi connectivity index (χ4n) is 3.50. The molecule has 3 aromatic carbocycles. The van der Waals surface area contributed by atoms with E-state index in [1.807, 2.05) is 6.07 Å². The van der Waals surface area contributed by atoms with Gasteiger partial charge < -0.3 is 20.5 Å². The number of hydrogen-bond acceptors (Lipinski definition) is 6. The highest BCUT2D eigenvalue weighted by Crippen LogP contribution is 2.38. The summed E-state index contributed by atoms with van der Waals surface area (Å²) in [5.74, 6) is -0.0800. The van der Waals surface area contributed by atoms with Crippen molar-refractivity contribution in [1.82, 2.24) is 9.97 Å². The van der Waals surface area contributed by atoms with Crippen LogP contribution < -0.4 is 20.5 Å². The largest absolute Gasteiger partial charge is 0.493 e. The third-order valence-electron chi connectivity index (χ3n) is 5.10. The first kappa shape index (κ1) is 22.8. The standard InChI is InChI=1S/C24H19F3N4O3/c1-33-20-10-14(13-6-7-19-15(8-13)12-29-23(28)31-19)9-18(21(20)34-2)22(32)30-17-5-3-4-16(11-17)24(25,26)27/h3-12H,1-2H3,(H,30,32)(H2,28,29,31). The minimum Gasteiger partial charge on any atom is -0.493 e. The first-order chi connectivity index (χ1) is 16.2. The molecule has 0 radical (unpaired) electrons. The third-order valence-corrected chi connectivity index (χ3v) is 5.10. The van der Waals surface area contributed by atoms with Gasteiger partial charge in [-0.3, -0.25) is 4.79 Å². The monoisotopic (exact) mass is 468 g/mol. The number of aromatic nitrogens is 2. The van der Waals surface area contributed by atoms with Crippen molar-refractivity contribution in [2.24, 2.45) is 0 Å². The van der Waals surface area contributed by atoms with Crippen molar-refractivity contribution in [2.45, 2.75) is 6.18 Å². The molecule has 4 aromatic rings. The lowest BCUT2D eigenvalue weighted by atomic mass is 9.99. The van der Waals surface area contributed by atoms with E-state index in [0.29, 0.717) is 11.1 Å². The highest BCUT2D eigenvalue weighted by atomic mass is 19.4. The number of nitrogens with zero attached hydrogens (tertiary/aromatic N) is 2. The number of hydrogen-bond donors (Lipinski definition) is 2. The van der Waals surface area contributed by atoms with Crippen molar-refractivity contribution in [3.8, 4) is 22.6 Å². The fourth-order valence-corrected chi connectivity index (χ4v) is 3.50. The molecule has 34 heavy (non-hydrogen) atoms. The maximum absolute atomic E-state index is 13.1. The SMILES string of the molecule is COc1cc(-c2ccc3nc(N)ncc3c2)cc(C(=O)Nc2cccc(C(F)(F)F)c2)c1OC. The van der Waals surface area contributed by atoms with Crippen LogP contribution in [0.3, 0.4) is 0 Å². The summed E-state index contributed by atoms with van der Waals surface area (Å²) in [5.41, 5.74) is 6.84. The third kappa shape index (κ3) is 4.56. The van der Waals surface area contributed by atoms with Gasteiger partial charge in [0.05, 0.1) is 30.9 Å². The Morgan fingerprint density at radius 2 is 1.79 bits per heavy atom. The van der Waals surface area contributed by atoms with Crippen molar-refractivity contribution in [1.29, 1.82) is 0 Å². The van der Waals surface area contributed by atoms with Crippen LogP contribution >= 0.6 is 0 Å². The zero-order valence-corrected chi connectivity index (χ0v) is 18.1. The zero-order chi connectivity index (χ0) is 24.5. The molecule has 0 saturated heterocycles. The normalized spacial score (nSPS) is 11.3. The second-order valence-electron chi connectivity index (χ2n) is 7.29. The van der Waals surface area contributed by atoms with Gasteiger partial charge in [0.15, 0.2) is 11.5 Å². The fraction of sp³-hybridized carbons (Fsp3) is 0.125. The smallest absolute Gasteiger partial charge is 0.416 e. The van der Waals surface area contributed by atoms with Gasteiger partial charge in [0, 0.05) is 17.3 Å². The number of anilines is 2. The first-order valence-electron chi connectivity index (χ1n) is 9.97. The number of amides is 1. The molecule has 1 aromatic heterocycles. The lowest BCUT2D eigenvalue weighted by Gasteiger charge is -2.16. The molecule has 0 fully saturated rings. The van der Waals surface area contributed by atoms with Crippen LogP contribution in [0.4, 0.5) is 24.8 Å². The van der Waals surface area contributed by atoms with Crippen molar-refractivity contribution in [3.05, 3.63) is 71.9 Å². The Morgan fingerprint density at radius 1 is 1.00 bits per heavy atom. The predicted octanol–water partition coefficient (Wildman–Crippen LogP) is 5.17. The maximum Gasteiger partial charge on any atom is 0.416 e. The Balaban J connectivity index is 1.76. The lowest BCUT2D eigenvalue weighted by Crippen LogP contribution is -2.15.